The Kier molecular flexibility index (Phi) is 11.6. The number of amides is 2. The second-order valence-electron chi connectivity index (χ2n) is 10.9. The molecule has 9 heteroatoms. The van der Waals surface area contributed by atoms with E-state index >= 15 is 0 Å². The smallest absolute Gasteiger partial charge is 0.243 e. The third kappa shape index (κ3) is 8.90. The van der Waals surface area contributed by atoms with E-state index in [9.17, 15) is 18.0 Å². The normalized spacial score (nSPS) is 14.8. The number of hydrogen-bond donors (Lipinski definition) is 1. The van der Waals surface area contributed by atoms with Crippen molar-refractivity contribution in [1.29, 1.82) is 0 Å². The van der Waals surface area contributed by atoms with Gasteiger partial charge in [0.15, 0.2) is 0 Å². The fourth-order valence-corrected chi connectivity index (χ4v) is 6.73. The highest BCUT2D eigenvalue weighted by atomic mass is 35.5. The minimum absolute atomic E-state index is 0.101. The highest BCUT2D eigenvalue weighted by molar-refractivity contribution is 7.89. The van der Waals surface area contributed by atoms with Crippen LogP contribution >= 0.6 is 11.6 Å². The van der Waals surface area contributed by atoms with E-state index in [0.29, 0.717) is 17.9 Å². The predicted molar refractivity (Wildman–Crippen MR) is 166 cm³/mol. The number of carbonyl (C=O) groups excluding carboxylic acids is 2. The van der Waals surface area contributed by atoms with Gasteiger partial charge in [-0.3, -0.25) is 9.59 Å². The lowest BCUT2D eigenvalue weighted by atomic mass is 9.94. The summed E-state index contributed by atoms with van der Waals surface area (Å²) in [6, 6.07) is 24.6. The Labute approximate surface area is 254 Å². The van der Waals surface area contributed by atoms with Gasteiger partial charge >= 0.3 is 0 Å². The average Bonchev–Trinajstić information content (AvgIpc) is 3.01. The van der Waals surface area contributed by atoms with Crippen LogP contribution in [0, 0.1) is 0 Å². The lowest BCUT2D eigenvalue weighted by molar-refractivity contribution is -0.141. The first-order valence-corrected chi connectivity index (χ1v) is 16.5. The monoisotopic (exact) mass is 609 g/mol. The molecule has 1 saturated carbocycles. The second-order valence-corrected chi connectivity index (χ2v) is 13.4. The molecular formula is C33H40ClN3O4S. The van der Waals surface area contributed by atoms with Crippen molar-refractivity contribution in [2.45, 2.75) is 74.9 Å². The van der Waals surface area contributed by atoms with Gasteiger partial charge in [0.05, 0.1) is 4.90 Å². The van der Waals surface area contributed by atoms with Crippen molar-refractivity contribution in [3.8, 4) is 0 Å². The van der Waals surface area contributed by atoms with Crippen LogP contribution in [0.5, 0.6) is 0 Å². The average molecular weight is 610 g/mol. The Hall–Kier alpha value is -3.20. The van der Waals surface area contributed by atoms with Gasteiger partial charge in [-0.2, -0.15) is 0 Å². The summed E-state index contributed by atoms with van der Waals surface area (Å²) in [5.41, 5.74) is 1.82. The van der Waals surface area contributed by atoms with E-state index < -0.39 is 16.1 Å². The summed E-state index contributed by atoms with van der Waals surface area (Å²) in [4.78, 5) is 29.6. The van der Waals surface area contributed by atoms with Gasteiger partial charge in [0.1, 0.15) is 6.04 Å². The summed E-state index contributed by atoms with van der Waals surface area (Å²) < 4.78 is 27.2. The lowest BCUT2D eigenvalue weighted by Gasteiger charge is -2.33. The number of benzene rings is 3. The van der Waals surface area contributed by atoms with Gasteiger partial charge in [0, 0.05) is 44.0 Å². The van der Waals surface area contributed by atoms with Crippen LogP contribution in [0.25, 0.3) is 0 Å². The van der Waals surface area contributed by atoms with Crippen LogP contribution in [0.1, 0.15) is 56.1 Å². The Morgan fingerprint density at radius 1 is 0.881 bits per heavy atom. The van der Waals surface area contributed by atoms with E-state index in [4.69, 9.17) is 11.6 Å². The molecule has 1 fully saturated rings. The maximum absolute atomic E-state index is 13.9. The molecule has 1 atom stereocenters. The Morgan fingerprint density at radius 3 is 2.14 bits per heavy atom. The maximum atomic E-state index is 13.9. The molecule has 42 heavy (non-hydrogen) atoms. The van der Waals surface area contributed by atoms with Crippen LogP contribution in [0.3, 0.4) is 0 Å². The van der Waals surface area contributed by atoms with Gasteiger partial charge < -0.3 is 10.2 Å². The third-order valence-corrected chi connectivity index (χ3v) is 9.93. The predicted octanol–water partition coefficient (Wildman–Crippen LogP) is 5.83. The molecule has 0 unspecified atom stereocenters. The van der Waals surface area contributed by atoms with Crippen molar-refractivity contribution < 1.29 is 18.0 Å². The van der Waals surface area contributed by atoms with Gasteiger partial charge in [-0.15, -0.1) is 0 Å². The quantitative estimate of drug-likeness (QED) is 0.264. The molecule has 2 amide bonds. The Balaban J connectivity index is 1.54. The van der Waals surface area contributed by atoms with E-state index in [1.807, 2.05) is 42.5 Å². The molecular weight excluding hydrogens is 570 g/mol. The van der Waals surface area contributed by atoms with Crippen LogP contribution in [0.4, 0.5) is 0 Å². The molecule has 3 aromatic rings. The van der Waals surface area contributed by atoms with E-state index in [-0.39, 0.29) is 42.3 Å². The number of nitrogens with zero attached hydrogens (tertiary/aromatic N) is 2. The zero-order chi connectivity index (χ0) is 30.0. The van der Waals surface area contributed by atoms with Crippen molar-refractivity contribution in [3.05, 3.63) is 101 Å². The summed E-state index contributed by atoms with van der Waals surface area (Å²) in [6.45, 7) is 0.416. The molecule has 0 saturated heterocycles. The van der Waals surface area contributed by atoms with E-state index in [0.717, 1.165) is 36.8 Å². The molecule has 7 nitrogen and oxygen atoms in total. The summed E-state index contributed by atoms with van der Waals surface area (Å²) in [6.07, 6.45) is 6.03. The van der Waals surface area contributed by atoms with Crippen LogP contribution in [0.15, 0.2) is 89.8 Å². The van der Waals surface area contributed by atoms with E-state index in [1.165, 1.54) is 17.8 Å². The molecule has 224 valence electrons. The van der Waals surface area contributed by atoms with Gasteiger partial charge in [-0.25, -0.2) is 12.7 Å². The molecule has 1 aliphatic rings. The van der Waals surface area contributed by atoms with Gasteiger partial charge in [-0.1, -0.05) is 91.5 Å². The molecule has 0 spiro atoms. The van der Waals surface area contributed by atoms with Gasteiger partial charge in [0.25, 0.3) is 0 Å². The second kappa shape index (κ2) is 15.3. The molecule has 0 bridgehead atoms. The standard InChI is InChI=1S/C33H40ClN3O4S/c1-36(42(40,41)30-16-9-4-10-17-30)23-11-18-32(38)37(25-27-19-21-28(34)22-20-27)31(24-26-12-5-2-6-13-26)33(39)35-29-14-7-3-8-15-29/h2,4-6,9-10,12-13,16-17,19-22,29,31H,3,7-8,11,14-15,18,23-25H2,1H3,(H,35,39)/t31-/m1/s1. The lowest BCUT2D eigenvalue weighted by Crippen LogP contribution is -2.52. The largest absolute Gasteiger partial charge is 0.352 e. The molecule has 0 radical (unpaired) electrons. The van der Waals surface area contributed by atoms with Gasteiger partial charge in [0.2, 0.25) is 21.8 Å². The molecule has 4 rings (SSSR count). The first-order chi connectivity index (χ1) is 20.2. The van der Waals surface area contributed by atoms with Crippen LogP contribution in [-0.4, -0.2) is 55.1 Å². The summed E-state index contributed by atoms with van der Waals surface area (Å²) >= 11 is 6.12. The minimum Gasteiger partial charge on any atom is -0.352 e. The molecule has 0 aliphatic heterocycles. The first kappa shape index (κ1) is 31.7. The minimum atomic E-state index is -3.66. The zero-order valence-electron chi connectivity index (χ0n) is 24.1. The molecule has 0 heterocycles. The fraction of sp³-hybridized carbons (Fsp3) is 0.394. The molecule has 1 N–H and O–H groups in total. The maximum Gasteiger partial charge on any atom is 0.243 e. The van der Waals surface area contributed by atoms with Crippen molar-refractivity contribution in [3.63, 3.8) is 0 Å². The van der Waals surface area contributed by atoms with E-state index in [1.54, 1.807) is 47.4 Å². The first-order valence-electron chi connectivity index (χ1n) is 14.6. The van der Waals surface area contributed by atoms with Crippen molar-refractivity contribution >= 4 is 33.4 Å². The van der Waals surface area contributed by atoms with Gasteiger partial charge in [-0.05, 0) is 54.7 Å². The topological polar surface area (TPSA) is 86.8 Å². The molecule has 1 aliphatic carbocycles. The summed E-state index contributed by atoms with van der Waals surface area (Å²) in [5.74, 6) is -0.355. The number of hydrogen-bond acceptors (Lipinski definition) is 4. The van der Waals surface area contributed by atoms with Crippen molar-refractivity contribution in [1.82, 2.24) is 14.5 Å². The summed E-state index contributed by atoms with van der Waals surface area (Å²) in [7, 11) is -2.14. The number of carbonyl (C=O) groups is 2. The number of sulfonamides is 1. The van der Waals surface area contributed by atoms with E-state index in [2.05, 4.69) is 5.32 Å². The Bertz CT molecular complexity index is 1400. The number of rotatable bonds is 13. The Morgan fingerprint density at radius 2 is 1.50 bits per heavy atom. The highest BCUT2D eigenvalue weighted by Gasteiger charge is 2.32. The molecule has 3 aromatic carbocycles. The number of nitrogens with one attached hydrogen (secondary N) is 1. The highest BCUT2D eigenvalue weighted by Crippen LogP contribution is 2.21. The SMILES string of the molecule is CN(CCCC(=O)N(Cc1ccc(Cl)cc1)[C@H](Cc1ccccc1)C(=O)NC1CCCCC1)S(=O)(=O)c1ccccc1. The van der Waals surface area contributed by atoms with Crippen LogP contribution < -0.4 is 5.32 Å². The zero-order valence-corrected chi connectivity index (χ0v) is 25.7. The van der Waals surface area contributed by atoms with Crippen LogP contribution in [-0.2, 0) is 32.6 Å². The fourth-order valence-electron chi connectivity index (χ4n) is 5.37. The molecule has 0 aromatic heterocycles. The number of halogens is 1. The third-order valence-electron chi connectivity index (χ3n) is 7.80. The van der Waals surface area contributed by atoms with Crippen molar-refractivity contribution in [2.75, 3.05) is 13.6 Å². The van der Waals surface area contributed by atoms with Crippen molar-refractivity contribution in [2.24, 2.45) is 0 Å². The van der Waals surface area contributed by atoms with Crippen LogP contribution in [0.2, 0.25) is 5.02 Å². The summed E-state index contributed by atoms with van der Waals surface area (Å²) in [5, 5.41) is 3.83.